The number of nitriles is 1. The van der Waals surface area contributed by atoms with Gasteiger partial charge in [-0.25, -0.2) is 13.8 Å². The molecule has 0 aromatic heterocycles. The summed E-state index contributed by atoms with van der Waals surface area (Å²) in [7, 11) is 0. The number of ether oxygens (including phenoxy) is 1. The normalized spacial score (nSPS) is 19.7. The van der Waals surface area contributed by atoms with Gasteiger partial charge in [-0.05, 0) is 49.7 Å². The van der Waals surface area contributed by atoms with E-state index in [0.29, 0.717) is 36.7 Å². The maximum absolute atomic E-state index is 14.1. The maximum atomic E-state index is 14.1. The van der Waals surface area contributed by atoms with Crippen molar-refractivity contribution in [2.45, 2.75) is 32.6 Å². The van der Waals surface area contributed by atoms with Crippen molar-refractivity contribution in [3.05, 3.63) is 70.8 Å². The van der Waals surface area contributed by atoms with E-state index in [4.69, 9.17) is 10.00 Å². The molecule has 1 aliphatic rings. The van der Waals surface area contributed by atoms with Crippen LogP contribution in [0.1, 0.15) is 36.6 Å². The van der Waals surface area contributed by atoms with Crippen LogP contribution in [-0.4, -0.2) is 36.6 Å². The van der Waals surface area contributed by atoms with Gasteiger partial charge >= 0.3 is 0 Å². The lowest BCUT2D eigenvalue weighted by molar-refractivity contribution is -0.0605. The van der Waals surface area contributed by atoms with Gasteiger partial charge in [0.05, 0.1) is 30.8 Å². The lowest BCUT2D eigenvalue weighted by Crippen LogP contribution is -2.50. The quantitative estimate of drug-likeness (QED) is 0.629. The predicted octanol–water partition coefficient (Wildman–Crippen LogP) is 3.76. The molecule has 1 N–H and O–H groups in total. The summed E-state index contributed by atoms with van der Waals surface area (Å²) in [6, 6.07) is 12.6. The van der Waals surface area contributed by atoms with Crippen molar-refractivity contribution in [3.63, 3.8) is 0 Å². The average Bonchev–Trinajstić information content (AvgIpc) is 2.72. The van der Waals surface area contributed by atoms with Gasteiger partial charge in [-0.3, -0.25) is 0 Å². The summed E-state index contributed by atoms with van der Waals surface area (Å²) in [5.41, 5.74) is 1.67. The summed E-state index contributed by atoms with van der Waals surface area (Å²) in [6.07, 6.45) is -0.275. The van der Waals surface area contributed by atoms with E-state index >= 15 is 0 Å². The number of aliphatic imine (C=N–C) groups is 1. The molecule has 29 heavy (non-hydrogen) atoms. The van der Waals surface area contributed by atoms with Crippen molar-refractivity contribution in [2.75, 3.05) is 19.6 Å². The van der Waals surface area contributed by atoms with Crippen molar-refractivity contribution in [3.8, 4) is 6.07 Å². The molecule has 1 saturated heterocycles. The minimum absolute atomic E-state index is 0.0543. The Hall–Kier alpha value is -2.98. The Kier molecular flexibility index (Phi) is 6.78. The molecule has 2 aromatic rings. The number of rotatable bonds is 4. The molecule has 0 saturated carbocycles. The Morgan fingerprint density at radius 2 is 2.00 bits per heavy atom. The summed E-state index contributed by atoms with van der Waals surface area (Å²) in [5.74, 6) is -0.0225. The minimum Gasteiger partial charge on any atom is -0.367 e. The van der Waals surface area contributed by atoms with Gasteiger partial charge in [-0.15, -0.1) is 0 Å². The SMILES string of the molecule is CCNC(=NCc1cc(C#N)ccc1F)N1CC(C)OC(c2ccc(F)cc2)C1. The third kappa shape index (κ3) is 5.30. The molecule has 0 bridgehead atoms. The third-order valence-electron chi connectivity index (χ3n) is 4.71. The molecule has 3 rings (SSSR count). The zero-order valence-electron chi connectivity index (χ0n) is 16.5. The fraction of sp³-hybridized carbons (Fsp3) is 0.364. The summed E-state index contributed by atoms with van der Waals surface area (Å²) in [6.45, 7) is 5.89. The van der Waals surface area contributed by atoms with Crippen molar-refractivity contribution < 1.29 is 13.5 Å². The lowest BCUT2D eigenvalue weighted by Gasteiger charge is -2.38. The second kappa shape index (κ2) is 9.48. The van der Waals surface area contributed by atoms with E-state index in [9.17, 15) is 8.78 Å². The fourth-order valence-corrected chi connectivity index (χ4v) is 3.34. The molecule has 1 aliphatic heterocycles. The van der Waals surface area contributed by atoms with E-state index in [1.54, 1.807) is 12.1 Å². The van der Waals surface area contributed by atoms with Gasteiger partial charge in [0.1, 0.15) is 17.7 Å². The first-order valence-electron chi connectivity index (χ1n) is 9.63. The number of morpholine rings is 1. The Morgan fingerprint density at radius 1 is 1.24 bits per heavy atom. The Morgan fingerprint density at radius 3 is 2.69 bits per heavy atom. The molecule has 1 heterocycles. The Bertz CT molecular complexity index is 908. The summed E-state index contributed by atoms with van der Waals surface area (Å²) < 4.78 is 33.4. The average molecular weight is 398 g/mol. The van der Waals surface area contributed by atoms with Crippen molar-refractivity contribution in [2.24, 2.45) is 4.99 Å². The van der Waals surface area contributed by atoms with Crippen molar-refractivity contribution in [1.29, 1.82) is 5.26 Å². The molecule has 7 heteroatoms. The van der Waals surface area contributed by atoms with Crippen molar-refractivity contribution >= 4 is 5.96 Å². The molecule has 2 unspecified atom stereocenters. The number of hydrogen-bond acceptors (Lipinski definition) is 3. The number of hydrogen-bond donors (Lipinski definition) is 1. The Balaban J connectivity index is 1.80. The molecule has 1 fully saturated rings. The first-order valence-corrected chi connectivity index (χ1v) is 9.63. The molecule has 2 atom stereocenters. The lowest BCUT2D eigenvalue weighted by atomic mass is 10.1. The maximum Gasteiger partial charge on any atom is 0.194 e. The van der Waals surface area contributed by atoms with Gasteiger partial charge in [-0.2, -0.15) is 5.26 Å². The monoisotopic (exact) mass is 398 g/mol. The molecular formula is C22H24F2N4O. The van der Waals surface area contributed by atoms with Crippen LogP contribution >= 0.6 is 0 Å². The number of guanidine groups is 1. The van der Waals surface area contributed by atoms with Gasteiger partial charge in [-0.1, -0.05) is 12.1 Å². The van der Waals surface area contributed by atoms with Crippen LogP contribution in [-0.2, 0) is 11.3 Å². The van der Waals surface area contributed by atoms with Gasteiger partial charge in [0, 0.05) is 18.7 Å². The van der Waals surface area contributed by atoms with Crippen LogP contribution < -0.4 is 5.32 Å². The smallest absolute Gasteiger partial charge is 0.194 e. The summed E-state index contributed by atoms with van der Waals surface area (Å²) in [4.78, 5) is 6.65. The first-order chi connectivity index (χ1) is 14.0. The van der Waals surface area contributed by atoms with Gasteiger partial charge in [0.25, 0.3) is 0 Å². The van der Waals surface area contributed by atoms with Crippen LogP contribution in [0.15, 0.2) is 47.5 Å². The first kappa shape index (κ1) is 20.7. The molecular weight excluding hydrogens is 374 g/mol. The van der Waals surface area contributed by atoms with E-state index in [-0.39, 0.29) is 30.4 Å². The van der Waals surface area contributed by atoms with Gasteiger partial charge in [0.2, 0.25) is 0 Å². The number of nitrogens with one attached hydrogen (secondary N) is 1. The van der Waals surface area contributed by atoms with Gasteiger partial charge in [0.15, 0.2) is 5.96 Å². The van der Waals surface area contributed by atoms with Crippen LogP contribution in [0.25, 0.3) is 0 Å². The van der Waals surface area contributed by atoms with Gasteiger partial charge < -0.3 is 15.0 Å². The number of halogens is 2. The molecule has 2 aromatic carbocycles. The standard InChI is InChI=1S/C22H24F2N4O/c1-3-26-22(27-12-18-10-16(11-25)4-9-20(18)24)28-13-15(2)29-21(14-28)17-5-7-19(23)8-6-17/h4-10,15,21H,3,12-14H2,1-2H3,(H,26,27). The zero-order chi connectivity index (χ0) is 20.8. The summed E-state index contributed by atoms with van der Waals surface area (Å²) >= 11 is 0. The Labute approximate surface area is 169 Å². The molecule has 0 radical (unpaired) electrons. The summed E-state index contributed by atoms with van der Waals surface area (Å²) in [5, 5.41) is 12.3. The molecule has 0 spiro atoms. The highest BCUT2D eigenvalue weighted by Gasteiger charge is 2.28. The van der Waals surface area contributed by atoms with Crippen LogP contribution in [0.2, 0.25) is 0 Å². The highest BCUT2D eigenvalue weighted by Crippen LogP contribution is 2.25. The minimum atomic E-state index is -0.386. The second-order valence-electron chi connectivity index (χ2n) is 6.98. The van der Waals surface area contributed by atoms with E-state index in [0.717, 1.165) is 5.56 Å². The molecule has 5 nitrogen and oxygen atoms in total. The molecule has 0 aliphatic carbocycles. The zero-order valence-corrected chi connectivity index (χ0v) is 16.5. The highest BCUT2D eigenvalue weighted by atomic mass is 19.1. The van der Waals surface area contributed by atoms with Crippen LogP contribution in [0, 0.1) is 23.0 Å². The van der Waals surface area contributed by atoms with Crippen LogP contribution in [0.3, 0.4) is 0 Å². The highest BCUT2D eigenvalue weighted by molar-refractivity contribution is 5.80. The second-order valence-corrected chi connectivity index (χ2v) is 6.98. The topological polar surface area (TPSA) is 60.7 Å². The largest absolute Gasteiger partial charge is 0.367 e. The third-order valence-corrected chi connectivity index (χ3v) is 4.71. The molecule has 0 amide bonds. The van der Waals surface area contributed by atoms with E-state index in [2.05, 4.69) is 15.2 Å². The molecule has 152 valence electrons. The van der Waals surface area contributed by atoms with Crippen LogP contribution in [0.5, 0.6) is 0 Å². The van der Waals surface area contributed by atoms with E-state index in [1.807, 2.05) is 19.9 Å². The fourth-order valence-electron chi connectivity index (χ4n) is 3.34. The van der Waals surface area contributed by atoms with E-state index in [1.165, 1.54) is 30.3 Å². The number of benzene rings is 2. The van der Waals surface area contributed by atoms with Crippen LogP contribution in [0.4, 0.5) is 8.78 Å². The van der Waals surface area contributed by atoms with E-state index < -0.39 is 0 Å². The van der Waals surface area contributed by atoms with Crippen molar-refractivity contribution in [1.82, 2.24) is 10.2 Å². The number of nitrogens with zero attached hydrogens (tertiary/aromatic N) is 3. The predicted molar refractivity (Wildman–Crippen MR) is 107 cm³/mol.